The summed E-state index contributed by atoms with van der Waals surface area (Å²) in [6, 6.07) is 7.07. The highest BCUT2D eigenvalue weighted by molar-refractivity contribution is 5.89. The highest BCUT2D eigenvalue weighted by atomic mass is 16.5. The molecule has 0 heterocycles. The number of benzene rings is 1. The summed E-state index contributed by atoms with van der Waals surface area (Å²) in [5.41, 5.74) is 1.14. The molecule has 2 unspecified atom stereocenters. The zero-order chi connectivity index (χ0) is 16.4. The van der Waals surface area contributed by atoms with Crippen molar-refractivity contribution in [2.75, 3.05) is 7.11 Å². The van der Waals surface area contributed by atoms with Crippen LogP contribution in [0.25, 0.3) is 0 Å². The number of carboxylic acid groups (broad SMARTS) is 1. The summed E-state index contributed by atoms with van der Waals surface area (Å²) in [6.45, 7) is 0. The molecule has 1 spiro atoms. The molecule has 2 fully saturated rings. The van der Waals surface area contributed by atoms with Crippen LogP contribution in [0, 0.1) is 5.41 Å². The Morgan fingerprint density at radius 3 is 2.70 bits per heavy atom. The summed E-state index contributed by atoms with van der Waals surface area (Å²) in [5, 5.41) is 12.3. The highest BCUT2D eigenvalue weighted by Crippen LogP contribution is 2.57. The number of carboxylic acids is 1. The van der Waals surface area contributed by atoms with E-state index in [1.54, 1.807) is 31.4 Å². The molecule has 2 saturated carbocycles. The standard InChI is InChI=1S/C18H23NO4/c1-23-15-11-14(18(15)9-4-10-18)19-16(20)8-7-12-5-2-3-6-13(12)17(21)22/h2-3,5-6,14-15H,4,7-11H2,1H3,(H,19,20)(H,21,22). The summed E-state index contributed by atoms with van der Waals surface area (Å²) in [7, 11) is 1.74. The first kappa shape index (κ1) is 16.0. The van der Waals surface area contributed by atoms with Crippen LogP contribution >= 0.6 is 0 Å². The van der Waals surface area contributed by atoms with Gasteiger partial charge in [0.15, 0.2) is 0 Å². The molecule has 124 valence electrons. The molecule has 2 aliphatic rings. The predicted octanol–water partition coefficient (Wildman–Crippen LogP) is 2.39. The predicted molar refractivity (Wildman–Crippen MR) is 85.4 cm³/mol. The van der Waals surface area contributed by atoms with Crippen LogP contribution in [-0.2, 0) is 16.0 Å². The van der Waals surface area contributed by atoms with Gasteiger partial charge in [0.2, 0.25) is 5.91 Å². The maximum atomic E-state index is 12.2. The van der Waals surface area contributed by atoms with Crippen LogP contribution in [0.1, 0.15) is 48.0 Å². The van der Waals surface area contributed by atoms with Crippen molar-refractivity contribution in [1.29, 1.82) is 0 Å². The molecular weight excluding hydrogens is 294 g/mol. The molecule has 5 heteroatoms. The molecule has 0 aromatic heterocycles. The first-order valence-electron chi connectivity index (χ1n) is 8.20. The van der Waals surface area contributed by atoms with Crippen molar-refractivity contribution in [2.45, 2.75) is 50.7 Å². The number of carbonyl (C=O) groups excluding carboxylic acids is 1. The van der Waals surface area contributed by atoms with E-state index >= 15 is 0 Å². The Bertz CT molecular complexity index is 609. The zero-order valence-electron chi connectivity index (χ0n) is 13.4. The lowest BCUT2D eigenvalue weighted by atomic mass is 9.51. The van der Waals surface area contributed by atoms with Crippen molar-refractivity contribution < 1.29 is 19.4 Å². The lowest BCUT2D eigenvalue weighted by Crippen LogP contribution is -2.67. The van der Waals surface area contributed by atoms with Gasteiger partial charge >= 0.3 is 5.97 Å². The number of hydrogen-bond donors (Lipinski definition) is 2. The van der Waals surface area contributed by atoms with Crippen molar-refractivity contribution in [2.24, 2.45) is 5.41 Å². The first-order chi connectivity index (χ1) is 11.1. The van der Waals surface area contributed by atoms with Gasteiger partial charge in [-0.25, -0.2) is 4.79 Å². The van der Waals surface area contributed by atoms with Gasteiger partial charge in [0.05, 0.1) is 11.7 Å². The molecule has 1 amide bonds. The largest absolute Gasteiger partial charge is 0.478 e. The van der Waals surface area contributed by atoms with Crippen LogP contribution in [0.2, 0.25) is 0 Å². The fourth-order valence-electron chi connectivity index (χ4n) is 4.00. The molecule has 2 atom stereocenters. The molecule has 2 aliphatic carbocycles. The second-order valence-corrected chi connectivity index (χ2v) is 6.63. The van der Waals surface area contributed by atoms with Gasteiger partial charge in [0, 0.05) is 25.0 Å². The van der Waals surface area contributed by atoms with E-state index in [-0.39, 0.29) is 29.0 Å². The van der Waals surface area contributed by atoms with Crippen LogP contribution in [0.15, 0.2) is 24.3 Å². The van der Waals surface area contributed by atoms with Crippen LogP contribution < -0.4 is 5.32 Å². The van der Waals surface area contributed by atoms with E-state index in [0.717, 1.165) is 19.3 Å². The number of hydrogen-bond acceptors (Lipinski definition) is 3. The second kappa shape index (κ2) is 6.32. The van der Waals surface area contributed by atoms with Crippen LogP contribution in [0.4, 0.5) is 0 Å². The topological polar surface area (TPSA) is 75.6 Å². The van der Waals surface area contributed by atoms with Gasteiger partial charge in [0.1, 0.15) is 0 Å². The van der Waals surface area contributed by atoms with E-state index in [0.29, 0.717) is 18.4 Å². The number of rotatable bonds is 6. The summed E-state index contributed by atoms with van der Waals surface area (Å²) in [4.78, 5) is 23.4. The summed E-state index contributed by atoms with van der Waals surface area (Å²) < 4.78 is 5.51. The van der Waals surface area contributed by atoms with Gasteiger partial charge < -0.3 is 15.2 Å². The molecule has 5 nitrogen and oxygen atoms in total. The van der Waals surface area contributed by atoms with E-state index in [1.807, 2.05) is 0 Å². The minimum absolute atomic E-state index is 0.00369. The van der Waals surface area contributed by atoms with Gasteiger partial charge in [0.25, 0.3) is 0 Å². The molecule has 2 N–H and O–H groups in total. The van der Waals surface area contributed by atoms with Crippen LogP contribution in [0.3, 0.4) is 0 Å². The van der Waals surface area contributed by atoms with Gasteiger partial charge in [-0.3, -0.25) is 4.79 Å². The highest BCUT2D eigenvalue weighted by Gasteiger charge is 2.59. The van der Waals surface area contributed by atoms with E-state index < -0.39 is 5.97 Å². The smallest absolute Gasteiger partial charge is 0.335 e. The van der Waals surface area contributed by atoms with Crippen LogP contribution in [-0.4, -0.2) is 36.2 Å². The van der Waals surface area contributed by atoms with E-state index in [1.165, 1.54) is 6.42 Å². The van der Waals surface area contributed by atoms with Crippen LogP contribution in [0.5, 0.6) is 0 Å². The van der Waals surface area contributed by atoms with Gasteiger partial charge in [-0.15, -0.1) is 0 Å². The quantitative estimate of drug-likeness (QED) is 0.845. The molecule has 23 heavy (non-hydrogen) atoms. The Morgan fingerprint density at radius 1 is 1.35 bits per heavy atom. The summed E-state index contributed by atoms with van der Waals surface area (Å²) in [5.74, 6) is -0.952. The number of amides is 1. The molecule has 1 aromatic carbocycles. The molecule has 1 aromatic rings. The number of aromatic carboxylic acids is 1. The Morgan fingerprint density at radius 2 is 2.09 bits per heavy atom. The Kier molecular flexibility index (Phi) is 4.39. The van der Waals surface area contributed by atoms with Crippen molar-refractivity contribution in [3.8, 4) is 0 Å². The average molecular weight is 317 g/mol. The van der Waals surface area contributed by atoms with E-state index in [4.69, 9.17) is 4.74 Å². The Balaban J connectivity index is 1.54. The molecule has 0 aliphatic heterocycles. The third-order valence-corrected chi connectivity index (χ3v) is 5.56. The molecule has 0 radical (unpaired) electrons. The van der Waals surface area contributed by atoms with E-state index in [2.05, 4.69) is 5.32 Å². The minimum Gasteiger partial charge on any atom is -0.478 e. The minimum atomic E-state index is -0.948. The Labute approximate surface area is 136 Å². The zero-order valence-corrected chi connectivity index (χ0v) is 13.4. The lowest BCUT2D eigenvalue weighted by Gasteiger charge is -2.60. The van der Waals surface area contributed by atoms with Crippen molar-refractivity contribution >= 4 is 11.9 Å². The maximum Gasteiger partial charge on any atom is 0.335 e. The van der Waals surface area contributed by atoms with Gasteiger partial charge in [-0.05, 0) is 37.3 Å². The van der Waals surface area contributed by atoms with Crippen molar-refractivity contribution in [3.63, 3.8) is 0 Å². The average Bonchev–Trinajstić information content (AvgIpc) is 2.47. The third-order valence-electron chi connectivity index (χ3n) is 5.56. The molecule has 0 bridgehead atoms. The van der Waals surface area contributed by atoms with Crippen molar-refractivity contribution in [3.05, 3.63) is 35.4 Å². The maximum absolute atomic E-state index is 12.2. The monoisotopic (exact) mass is 317 g/mol. The molecular formula is C18H23NO4. The van der Waals surface area contributed by atoms with Gasteiger partial charge in [-0.1, -0.05) is 24.6 Å². The van der Waals surface area contributed by atoms with Crippen molar-refractivity contribution in [1.82, 2.24) is 5.32 Å². The third kappa shape index (κ3) is 2.85. The second-order valence-electron chi connectivity index (χ2n) is 6.63. The normalized spacial score (nSPS) is 24.6. The van der Waals surface area contributed by atoms with Gasteiger partial charge in [-0.2, -0.15) is 0 Å². The Hall–Kier alpha value is -1.88. The number of nitrogens with one attached hydrogen (secondary N) is 1. The number of ether oxygens (including phenoxy) is 1. The number of methoxy groups -OCH3 is 1. The molecule has 3 rings (SSSR count). The summed E-state index contributed by atoms with van der Waals surface area (Å²) >= 11 is 0. The SMILES string of the molecule is COC1CC(NC(=O)CCc2ccccc2C(=O)O)C12CCC2. The van der Waals surface area contributed by atoms with E-state index in [9.17, 15) is 14.7 Å². The fourth-order valence-corrected chi connectivity index (χ4v) is 4.00. The number of aryl methyl sites for hydroxylation is 1. The lowest BCUT2D eigenvalue weighted by molar-refractivity contribution is -0.166. The fraction of sp³-hybridized carbons (Fsp3) is 0.556. The molecule has 0 saturated heterocycles. The number of carbonyl (C=O) groups is 2. The first-order valence-corrected chi connectivity index (χ1v) is 8.20. The summed E-state index contributed by atoms with van der Waals surface area (Å²) in [6.07, 6.45) is 5.37.